The van der Waals surface area contributed by atoms with Gasteiger partial charge in [0.25, 0.3) is 0 Å². The highest BCUT2D eigenvalue weighted by Gasteiger charge is 2.13. The molecule has 0 saturated heterocycles. The van der Waals surface area contributed by atoms with Gasteiger partial charge in [0.05, 0.1) is 15.9 Å². The van der Waals surface area contributed by atoms with Crippen LogP contribution >= 0.6 is 0 Å². The van der Waals surface area contributed by atoms with Crippen molar-refractivity contribution in [1.82, 2.24) is 14.7 Å². The lowest BCUT2D eigenvalue weighted by molar-refractivity contribution is 0.581. The summed E-state index contributed by atoms with van der Waals surface area (Å²) in [4.78, 5) is 7.86. The van der Waals surface area contributed by atoms with Gasteiger partial charge >= 0.3 is 0 Å². The minimum absolute atomic E-state index is 0.305. The molecule has 5 nitrogen and oxygen atoms in total. The van der Waals surface area contributed by atoms with E-state index in [1.54, 1.807) is 12.1 Å². The molecule has 3 rings (SSSR count). The van der Waals surface area contributed by atoms with Crippen LogP contribution in [0.2, 0.25) is 0 Å². The Labute approximate surface area is 142 Å². The predicted octanol–water partition coefficient (Wildman–Crippen LogP) is 2.95. The Morgan fingerprint density at radius 2 is 1.79 bits per heavy atom. The third-order valence-corrected chi connectivity index (χ3v) is 5.49. The van der Waals surface area contributed by atoms with Crippen LogP contribution in [0, 0.1) is 6.92 Å². The van der Waals surface area contributed by atoms with E-state index < -0.39 is 10.0 Å². The minimum atomic E-state index is -3.46. The van der Waals surface area contributed by atoms with Crippen molar-refractivity contribution in [1.29, 1.82) is 0 Å². The SMILES string of the molecule is CCc1ccc(S(=O)(=O)NCCc2ccc3nc(C)[nH]c3c2)cc1. The highest BCUT2D eigenvalue weighted by molar-refractivity contribution is 7.89. The van der Waals surface area contributed by atoms with E-state index in [1.165, 1.54) is 0 Å². The zero-order valence-electron chi connectivity index (χ0n) is 13.8. The smallest absolute Gasteiger partial charge is 0.240 e. The molecule has 1 heterocycles. The molecule has 3 aromatic rings. The number of imidazole rings is 1. The van der Waals surface area contributed by atoms with Crippen LogP contribution in [0.25, 0.3) is 11.0 Å². The number of aromatic amines is 1. The third kappa shape index (κ3) is 3.66. The van der Waals surface area contributed by atoms with Crippen LogP contribution in [-0.4, -0.2) is 24.9 Å². The van der Waals surface area contributed by atoms with Gasteiger partial charge in [-0.1, -0.05) is 25.1 Å². The molecule has 0 aliphatic carbocycles. The van der Waals surface area contributed by atoms with Gasteiger partial charge in [-0.15, -0.1) is 0 Å². The van der Waals surface area contributed by atoms with E-state index in [0.717, 1.165) is 34.4 Å². The first kappa shape index (κ1) is 16.7. The molecule has 24 heavy (non-hydrogen) atoms. The maximum absolute atomic E-state index is 12.3. The fourth-order valence-corrected chi connectivity index (χ4v) is 3.69. The van der Waals surface area contributed by atoms with Crippen molar-refractivity contribution in [3.63, 3.8) is 0 Å². The Kier molecular flexibility index (Phi) is 4.69. The van der Waals surface area contributed by atoms with Gasteiger partial charge < -0.3 is 4.98 Å². The largest absolute Gasteiger partial charge is 0.342 e. The molecular formula is C18H21N3O2S. The Morgan fingerprint density at radius 1 is 1.08 bits per heavy atom. The van der Waals surface area contributed by atoms with E-state index in [0.29, 0.717) is 17.9 Å². The Balaban J connectivity index is 1.65. The van der Waals surface area contributed by atoms with Crippen molar-refractivity contribution in [2.45, 2.75) is 31.6 Å². The molecule has 0 radical (unpaired) electrons. The minimum Gasteiger partial charge on any atom is -0.342 e. The first-order valence-corrected chi connectivity index (χ1v) is 9.50. The van der Waals surface area contributed by atoms with Crippen molar-refractivity contribution < 1.29 is 8.42 Å². The molecule has 6 heteroatoms. The lowest BCUT2D eigenvalue weighted by atomic mass is 10.1. The molecule has 0 saturated carbocycles. The molecule has 2 aromatic carbocycles. The first-order chi connectivity index (χ1) is 11.5. The molecule has 0 aliphatic heterocycles. The van der Waals surface area contributed by atoms with Crippen LogP contribution in [0.4, 0.5) is 0 Å². The molecule has 0 fully saturated rings. The topological polar surface area (TPSA) is 74.8 Å². The monoisotopic (exact) mass is 343 g/mol. The number of nitrogens with one attached hydrogen (secondary N) is 2. The van der Waals surface area contributed by atoms with E-state index in [4.69, 9.17) is 0 Å². The number of H-pyrrole nitrogens is 1. The van der Waals surface area contributed by atoms with Crippen molar-refractivity contribution in [3.8, 4) is 0 Å². The van der Waals surface area contributed by atoms with Crippen LogP contribution in [0.3, 0.4) is 0 Å². The van der Waals surface area contributed by atoms with Crippen molar-refractivity contribution in [3.05, 3.63) is 59.4 Å². The van der Waals surface area contributed by atoms with Gasteiger partial charge in [0.15, 0.2) is 0 Å². The van der Waals surface area contributed by atoms with Crippen LogP contribution in [0.15, 0.2) is 47.4 Å². The highest BCUT2D eigenvalue weighted by atomic mass is 32.2. The third-order valence-electron chi connectivity index (χ3n) is 4.01. The number of aryl methyl sites for hydroxylation is 2. The average molecular weight is 343 g/mol. The molecule has 0 aliphatic rings. The van der Waals surface area contributed by atoms with Gasteiger partial charge in [0.2, 0.25) is 10.0 Å². The second kappa shape index (κ2) is 6.75. The first-order valence-electron chi connectivity index (χ1n) is 8.02. The number of rotatable bonds is 6. The molecule has 0 amide bonds. The number of nitrogens with zero attached hydrogens (tertiary/aromatic N) is 1. The number of hydrogen-bond donors (Lipinski definition) is 2. The summed E-state index contributed by atoms with van der Waals surface area (Å²) in [6, 6.07) is 13.0. The summed E-state index contributed by atoms with van der Waals surface area (Å²) < 4.78 is 27.3. The van der Waals surface area contributed by atoms with Crippen LogP contribution in [-0.2, 0) is 22.9 Å². The number of fused-ring (bicyclic) bond motifs is 1. The highest BCUT2D eigenvalue weighted by Crippen LogP contribution is 2.14. The molecule has 1 aromatic heterocycles. The molecular weight excluding hydrogens is 322 g/mol. The van der Waals surface area contributed by atoms with Crippen LogP contribution in [0.1, 0.15) is 23.9 Å². The molecule has 0 unspecified atom stereocenters. The molecule has 0 atom stereocenters. The Hall–Kier alpha value is -2.18. The lowest BCUT2D eigenvalue weighted by Gasteiger charge is -2.07. The molecule has 0 bridgehead atoms. The summed E-state index contributed by atoms with van der Waals surface area (Å²) in [7, 11) is -3.46. The van der Waals surface area contributed by atoms with Gasteiger partial charge in [0.1, 0.15) is 5.82 Å². The van der Waals surface area contributed by atoms with Gasteiger partial charge in [-0.25, -0.2) is 18.1 Å². The second-order valence-corrected chi connectivity index (χ2v) is 7.59. The summed E-state index contributed by atoms with van der Waals surface area (Å²) in [5.41, 5.74) is 4.09. The normalized spacial score (nSPS) is 11.9. The fourth-order valence-electron chi connectivity index (χ4n) is 2.66. The fraction of sp³-hybridized carbons (Fsp3) is 0.278. The van der Waals surface area contributed by atoms with Crippen LogP contribution < -0.4 is 4.72 Å². The number of benzene rings is 2. The van der Waals surface area contributed by atoms with Crippen molar-refractivity contribution >= 4 is 21.1 Å². The van der Waals surface area contributed by atoms with Crippen molar-refractivity contribution in [2.24, 2.45) is 0 Å². The summed E-state index contributed by atoms with van der Waals surface area (Å²) in [5, 5.41) is 0. The van der Waals surface area contributed by atoms with E-state index >= 15 is 0 Å². The molecule has 0 spiro atoms. The van der Waals surface area contributed by atoms with E-state index in [-0.39, 0.29) is 0 Å². The molecule has 2 N–H and O–H groups in total. The number of aromatic nitrogens is 2. The predicted molar refractivity (Wildman–Crippen MR) is 95.5 cm³/mol. The van der Waals surface area contributed by atoms with Crippen molar-refractivity contribution in [2.75, 3.05) is 6.54 Å². The zero-order valence-corrected chi connectivity index (χ0v) is 14.7. The molecule has 126 valence electrons. The van der Waals surface area contributed by atoms with Gasteiger partial charge in [-0.05, 0) is 55.2 Å². The average Bonchev–Trinajstić information content (AvgIpc) is 2.94. The summed E-state index contributed by atoms with van der Waals surface area (Å²) in [6.45, 7) is 4.31. The zero-order chi connectivity index (χ0) is 17.2. The lowest BCUT2D eigenvalue weighted by Crippen LogP contribution is -2.26. The number of hydrogen-bond acceptors (Lipinski definition) is 3. The van der Waals surface area contributed by atoms with Crippen LogP contribution in [0.5, 0.6) is 0 Å². The number of sulfonamides is 1. The van der Waals surface area contributed by atoms with E-state index in [9.17, 15) is 8.42 Å². The van der Waals surface area contributed by atoms with Gasteiger partial charge in [-0.2, -0.15) is 0 Å². The second-order valence-electron chi connectivity index (χ2n) is 5.82. The standard InChI is InChI=1S/C18H21N3O2S/c1-3-14-4-7-16(8-5-14)24(22,23)19-11-10-15-6-9-17-18(12-15)21-13(2)20-17/h4-9,12,19H,3,10-11H2,1-2H3,(H,20,21). The Bertz CT molecular complexity index is 944. The van der Waals surface area contributed by atoms with Gasteiger partial charge in [0, 0.05) is 6.54 Å². The maximum atomic E-state index is 12.3. The van der Waals surface area contributed by atoms with Gasteiger partial charge in [-0.3, -0.25) is 0 Å². The van der Waals surface area contributed by atoms with E-state index in [2.05, 4.69) is 14.7 Å². The maximum Gasteiger partial charge on any atom is 0.240 e. The summed E-state index contributed by atoms with van der Waals surface area (Å²) in [6.07, 6.45) is 1.52. The summed E-state index contributed by atoms with van der Waals surface area (Å²) in [5.74, 6) is 0.873. The van der Waals surface area contributed by atoms with E-state index in [1.807, 2.05) is 44.2 Å². The Morgan fingerprint density at radius 3 is 2.50 bits per heavy atom. The summed E-state index contributed by atoms with van der Waals surface area (Å²) >= 11 is 0. The quantitative estimate of drug-likeness (QED) is 0.722.